The molecule has 0 N–H and O–H groups in total. The van der Waals surface area contributed by atoms with Crippen molar-refractivity contribution in [2.75, 3.05) is 13.1 Å². The van der Waals surface area contributed by atoms with Crippen LogP contribution in [0.2, 0.25) is 0 Å². The Labute approximate surface area is 182 Å². The molecular weight excluding hydrogens is 400 g/mol. The van der Waals surface area contributed by atoms with Crippen molar-refractivity contribution < 1.29 is 23.6 Å². The largest absolute Gasteiger partial charge is 0.421 e. The van der Waals surface area contributed by atoms with Gasteiger partial charge in [0.05, 0.1) is 0 Å². The van der Waals surface area contributed by atoms with E-state index in [0.29, 0.717) is 38.8 Å². The van der Waals surface area contributed by atoms with Gasteiger partial charge in [-0.2, -0.15) is 0 Å². The number of Topliss-reactive ketones (excluding diaryl/α,β-unsaturated/α-hetero) is 2. The van der Waals surface area contributed by atoms with Gasteiger partial charge in [0.1, 0.15) is 12.1 Å². The van der Waals surface area contributed by atoms with Crippen molar-refractivity contribution in [1.82, 2.24) is 20.0 Å². The number of aromatic nitrogens is 2. The fourth-order valence-electron chi connectivity index (χ4n) is 3.45. The number of ketones is 2. The molecule has 9 nitrogen and oxygen atoms in total. The fourth-order valence-corrected chi connectivity index (χ4v) is 3.45. The van der Waals surface area contributed by atoms with Crippen molar-refractivity contribution >= 4 is 23.4 Å². The van der Waals surface area contributed by atoms with E-state index >= 15 is 0 Å². The van der Waals surface area contributed by atoms with Gasteiger partial charge in [0.15, 0.2) is 0 Å². The first-order chi connectivity index (χ1) is 14.4. The van der Waals surface area contributed by atoms with Gasteiger partial charge in [-0.05, 0) is 25.7 Å². The van der Waals surface area contributed by atoms with Crippen LogP contribution < -0.4 is 0 Å². The Morgan fingerprint density at radius 1 is 0.806 bits per heavy atom. The van der Waals surface area contributed by atoms with Gasteiger partial charge in [-0.25, -0.2) is 0 Å². The van der Waals surface area contributed by atoms with Crippen LogP contribution in [0.3, 0.4) is 0 Å². The monoisotopic (exact) mass is 432 g/mol. The molecule has 0 aliphatic carbocycles. The maximum atomic E-state index is 12.7. The van der Waals surface area contributed by atoms with Gasteiger partial charge < -0.3 is 14.2 Å². The maximum Gasteiger partial charge on any atom is 0.291 e. The van der Waals surface area contributed by atoms with E-state index in [9.17, 15) is 19.2 Å². The normalized spacial score (nSPS) is 21.4. The number of carbonyl (C=O) groups is 4. The zero-order valence-electron chi connectivity index (χ0n) is 19.2. The number of amides is 2. The van der Waals surface area contributed by atoms with Crippen LogP contribution in [-0.2, 0) is 19.2 Å². The van der Waals surface area contributed by atoms with Gasteiger partial charge in [0.25, 0.3) is 11.8 Å². The molecule has 31 heavy (non-hydrogen) atoms. The van der Waals surface area contributed by atoms with Crippen molar-refractivity contribution in [1.29, 1.82) is 0 Å². The Hall–Kier alpha value is -2.58. The summed E-state index contributed by atoms with van der Waals surface area (Å²) in [6, 6.07) is -0.870. The summed E-state index contributed by atoms with van der Waals surface area (Å²) in [6.45, 7) is 11.7. The lowest BCUT2D eigenvalue weighted by atomic mass is 9.83. The minimum atomic E-state index is -0.719. The van der Waals surface area contributed by atoms with Crippen molar-refractivity contribution in [2.24, 2.45) is 10.8 Å². The molecule has 1 aromatic heterocycles. The molecule has 3 rings (SSSR count). The molecule has 2 fully saturated rings. The standard InChI is InChI=1S/C22H32N4O5/c1-7-21(3,4)15(27)19(29)25-11-9-13(25)17-23-24-18(31-17)14-10-12-26(14)20(30)16(28)22(5,6)8-2/h13-14H,7-12H2,1-6H3. The van der Waals surface area contributed by atoms with Crippen LogP contribution in [0.5, 0.6) is 0 Å². The Morgan fingerprint density at radius 3 is 1.42 bits per heavy atom. The van der Waals surface area contributed by atoms with E-state index in [1.807, 2.05) is 13.8 Å². The first-order valence-electron chi connectivity index (χ1n) is 11.0. The van der Waals surface area contributed by atoms with E-state index in [-0.39, 0.29) is 11.8 Å². The molecular formula is C22H32N4O5. The zero-order chi connectivity index (χ0) is 23.1. The Morgan fingerprint density at radius 2 is 1.16 bits per heavy atom. The second-order valence-corrected chi connectivity index (χ2v) is 9.72. The summed E-state index contributed by atoms with van der Waals surface area (Å²) >= 11 is 0. The molecule has 3 heterocycles. The summed E-state index contributed by atoms with van der Waals surface area (Å²) in [4.78, 5) is 53.3. The van der Waals surface area contributed by atoms with Crippen molar-refractivity contribution in [3.05, 3.63) is 11.8 Å². The summed E-state index contributed by atoms with van der Waals surface area (Å²) < 4.78 is 5.80. The van der Waals surface area contributed by atoms with Gasteiger partial charge in [0.2, 0.25) is 23.3 Å². The highest BCUT2D eigenvalue weighted by Crippen LogP contribution is 2.38. The summed E-state index contributed by atoms with van der Waals surface area (Å²) in [5.74, 6) is -1.39. The third kappa shape index (κ3) is 4.02. The van der Waals surface area contributed by atoms with Crippen LogP contribution in [0.1, 0.15) is 91.1 Å². The molecule has 9 heteroatoms. The molecule has 2 saturated heterocycles. The van der Waals surface area contributed by atoms with Crippen molar-refractivity contribution in [3.63, 3.8) is 0 Å². The van der Waals surface area contributed by atoms with E-state index in [0.717, 1.165) is 0 Å². The highest BCUT2D eigenvalue weighted by Gasteiger charge is 2.46. The number of carbonyl (C=O) groups excluding carboxylic acids is 4. The molecule has 0 saturated carbocycles. The number of hydrogen-bond acceptors (Lipinski definition) is 7. The minimum Gasteiger partial charge on any atom is -0.421 e. The molecule has 2 atom stereocenters. The summed E-state index contributed by atoms with van der Waals surface area (Å²) in [7, 11) is 0. The predicted octanol–water partition coefficient (Wildman–Crippen LogP) is 2.63. The van der Waals surface area contributed by atoms with E-state index < -0.39 is 46.3 Å². The summed E-state index contributed by atoms with van der Waals surface area (Å²) in [6.07, 6.45) is 2.40. The minimum absolute atomic E-state index is 0.260. The predicted molar refractivity (Wildman–Crippen MR) is 111 cm³/mol. The molecule has 2 aliphatic rings. The van der Waals surface area contributed by atoms with Gasteiger partial charge in [-0.3, -0.25) is 19.2 Å². The van der Waals surface area contributed by atoms with E-state index in [4.69, 9.17) is 4.42 Å². The Balaban J connectivity index is 1.69. The van der Waals surface area contributed by atoms with Crippen LogP contribution >= 0.6 is 0 Å². The second kappa shape index (κ2) is 8.16. The van der Waals surface area contributed by atoms with E-state index in [1.165, 1.54) is 9.80 Å². The molecule has 0 bridgehead atoms. The molecule has 170 valence electrons. The lowest BCUT2D eigenvalue weighted by Crippen LogP contribution is -2.51. The number of likely N-dealkylation sites (tertiary alicyclic amines) is 2. The number of nitrogens with zero attached hydrogens (tertiary/aromatic N) is 4. The molecule has 0 spiro atoms. The van der Waals surface area contributed by atoms with Gasteiger partial charge >= 0.3 is 0 Å². The molecule has 1 aromatic rings. The average Bonchev–Trinajstić information content (AvgIpc) is 3.12. The number of hydrogen-bond donors (Lipinski definition) is 0. The van der Waals surface area contributed by atoms with Crippen LogP contribution in [-0.4, -0.2) is 56.5 Å². The number of rotatable bonds is 8. The lowest BCUT2D eigenvalue weighted by molar-refractivity contribution is -0.155. The van der Waals surface area contributed by atoms with Crippen LogP contribution in [0, 0.1) is 10.8 Å². The smallest absolute Gasteiger partial charge is 0.291 e. The van der Waals surface area contributed by atoms with Crippen LogP contribution in [0.25, 0.3) is 0 Å². The summed E-state index contributed by atoms with van der Waals surface area (Å²) in [5, 5.41) is 8.15. The second-order valence-electron chi connectivity index (χ2n) is 9.72. The Bertz CT molecular complexity index is 833. The van der Waals surface area contributed by atoms with Crippen LogP contribution in [0.15, 0.2) is 4.42 Å². The SMILES string of the molecule is CCC(C)(C)C(=O)C(=O)N1CCC1c1nnc(C2CCN2C(=O)C(=O)C(C)(C)CC)o1. The maximum absolute atomic E-state index is 12.7. The molecule has 2 aliphatic heterocycles. The fraction of sp³-hybridized carbons (Fsp3) is 0.727. The van der Waals surface area contributed by atoms with Crippen molar-refractivity contribution in [3.8, 4) is 0 Å². The van der Waals surface area contributed by atoms with E-state index in [1.54, 1.807) is 27.7 Å². The Kier molecular flexibility index (Phi) is 6.08. The molecule has 2 amide bonds. The molecule has 0 radical (unpaired) electrons. The molecule has 0 aromatic carbocycles. The highest BCUT2D eigenvalue weighted by molar-refractivity contribution is 6.38. The first kappa shape index (κ1) is 23.1. The topological polar surface area (TPSA) is 114 Å². The van der Waals surface area contributed by atoms with Gasteiger partial charge in [-0.15, -0.1) is 10.2 Å². The van der Waals surface area contributed by atoms with Gasteiger partial charge in [0, 0.05) is 23.9 Å². The first-order valence-corrected chi connectivity index (χ1v) is 11.0. The third-order valence-electron chi connectivity index (χ3n) is 6.97. The third-order valence-corrected chi connectivity index (χ3v) is 6.97. The van der Waals surface area contributed by atoms with E-state index in [2.05, 4.69) is 10.2 Å². The molecule has 2 unspecified atom stereocenters. The average molecular weight is 433 g/mol. The summed E-state index contributed by atoms with van der Waals surface area (Å²) in [5.41, 5.74) is -1.44. The van der Waals surface area contributed by atoms with Crippen LogP contribution in [0.4, 0.5) is 0 Å². The highest BCUT2D eigenvalue weighted by atomic mass is 16.4. The van der Waals surface area contributed by atoms with Crippen molar-refractivity contribution in [2.45, 2.75) is 79.3 Å². The lowest BCUT2D eigenvalue weighted by Gasteiger charge is -2.40. The van der Waals surface area contributed by atoms with Gasteiger partial charge in [-0.1, -0.05) is 41.5 Å². The zero-order valence-corrected chi connectivity index (χ0v) is 19.2. The quantitative estimate of drug-likeness (QED) is 0.580.